The first-order valence-electron chi connectivity index (χ1n) is 13.2. The van der Waals surface area contributed by atoms with Crippen LogP contribution in [0.25, 0.3) is 0 Å². The third-order valence-electron chi connectivity index (χ3n) is 7.19. The Morgan fingerprint density at radius 3 is 2.34 bits per heavy atom. The lowest BCUT2D eigenvalue weighted by Crippen LogP contribution is -2.76. The number of nitrogens with one attached hydrogen (secondary N) is 1. The molecule has 2 aliphatic heterocycles. The Kier molecular flexibility index (Phi) is 9.46. The summed E-state index contributed by atoms with van der Waals surface area (Å²) in [6, 6.07) is 18.9. The van der Waals surface area contributed by atoms with E-state index in [0.717, 1.165) is 24.8 Å². The number of carboxylic acids is 1. The van der Waals surface area contributed by atoms with Gasteiger partial charge in [0, 0.05) is 26.6 Å². The van der Waals surface area contributed by atoms with Crippen LogP contribution >= 0.6 is 0 Å². The van der Waals surface area contributed by atoms with E-state index in [0.29, 0.717) is 13.1 Å². The normalized spacial score (nSPS) is 21.4. The summed E-state index contributed by atoms with van der Waals surface area (Å²) in [6.45, 7) is 1.12. The highest BCUT2D eigenvalue weighted by molar-refractivity contribution is 5.90. The molecule has 10 nitrogen and oxygen atoms in total. The molecule has 3 N–H and O–H groups in total. The highest BCUT2D eigenvalue weighted by Crippen LogP contribution is 2.29. The van der Waals surface area contributed by atoms with Crippen LogP contribution in [0.1, 0.15) is 36.8 Å². The number of hydrazine groups is 1. The minimum atomic E-state index is -1.12. The lowest BCUT2D eigenvalue weighted by Gasteiger charge is -2.55. The summed E-state index contributed by atoms with van der Waals surface area (Å²) < 4.78 is 0. The van der Waals surface area contributed by atoms with Crippen molar-refractivity contribution in [1.29, 1.82) is 0 Å². The van der Waals surface area contributed by atoms with Crippen molar-refractivity contribution < 1.29 is 24.6 Å². The maximum atomic E-state index is 13.5. The Balaban J connectivity index is 1.49. The Hall–Kier alpha value is -3.31. The number of fused-ring (bicyclic) bond motifs is 1. The molecule has 3 atom stereocenters. The summed E-state index contributed by atoms with van der Waals surface area (Å²) in [4.78, 5) is 41.2. The number of aliphatic carboxylic acids is 1. The van der Waals surface area contributed by atoms with Crippen LogP contribution in [0.5, 0.6) is 0 Å². The Morgan fingerprint density at radius 1 is 1.03 bits per heavy atom. The van der Waals surface area contributed by atoms with Crippen LogP contribution in [0.3, 0.4) is 0 Å². The molecule has 38 heavy (non-hydrogen) atoms. The van der Waals surface area contributed by atoms with Gasteiger partial charge in [0.2, 0.25) is 11.8 Å². The van der Waals surface area contributed by atoms with Crippen molar-refractivity contribution >= 4 is 17.8 Å². The maximum absolute atomic E-state index is 13.5. The van der Waals surface area contributed by atoms with Gasteiger partial charge in [0.05, 0.1) is 13.1 Å². The van der Waals surface area contributed by atoms with Crippen LogP contribution in [-0.2, 0) is 27.3 Å². The zero-order chi connectivity index (χ0) is 27.1. The minimum Gasteiger partial charge on any atom is -0.481 e. The molecule has 2 heterocycles. The number of hydrogen-bond donors (Lipinski definition) is 3. The monoisotopic (exact) mass is 523 g/mol. The van der Waals surface area contributed by atoms with E-state index in [1.165, 1.54) is 10.5 Å². The van der Waals surface area contributed by atoms with Crippen LogP contribution in [0, 0.1) is 0 Å². The van der Waals surface area contributed by atoms with E-state index in [9.17, 15) is 24.6 Å². The summed E-state index contributed by atoms with van der Waals surface area (Å²) in [5.41, 5.74) is 2.23. The summed E-state index contributed by atoms with van der Waals surface area (Å²) in [5.74, 6) is -1.50. The van der Waals surface area contributed by atoms with Crippen molar-refractivity contribution in [3.05, 3.63) is 71.8 Å². The van der Waals surface area contributed by atoms with Gasteiger partial charge in [-0.3, -0.25) is 19.7 Å². The van der Waals surface area contributed by atoms with Crippen LogP contribution < -0.4 is 5.32 Å². The van der Waals surface area contributed by atoms with Gasteiger partial charge < -0.3 is 20.0 Å². The second kappa shape index (κ2) is 13.0. The number of carbonyl (C=O) groups excluding carboxylic acids is 2. The van der Waals surface area contributed by atoms with E-state index in [-0.39, 0.29) is 37.7 Å². The number of unbranched alkanes of at least 4 members (excludes halogenated alkanes) is 1. The van der Waals surface area contributed by atoms with Crippen LogP contribution in [0.15, 0.2) is 60.7 Å². The first-order chi connectivity index (χ1) is 18.3. The third kappa shape index (κ3) is 6.76. The number of carbonyl (C=O) groups is 3. The molecule has 2 aromatic carbocycles. The molecular formula is C28H37N5O5. The largest absolute Gasteiger partial charge is 0.481 e. The number of carboxylic acid groups (broad SMARTS) is 1. The predicted octanol–water partition coefficient (Wildman–Crippen LogP) is 1.47. The van der Waals surface area contributed by atoms with Crippen LogP contribution in [0.2, 0.25) is 0 Å². The predicted molar refractivity (Wildman–Crippen MR) is 141 cm³/mol. The molecule has 2 saturated heterocycles. The van der Waals surface area contributed by atoms with Gasteiger partial charge in [0.25, 0.3) is 0 Å². The van der Waals surface area contributed by atoms with E-state index in [2.05, 4.69) is 17.4 Å². The molecule has 0 spiro atoms. The van der Waals surface area contributed by atoms with Crippen molar-refractivity contribution in [3.8, 4) is 0 Å². The summed E-state index contributed by atoms with van der Waals surface area (Å²) in [7, 11) is 1.73. The van der Waals surface area contributed by atoms with Crippen molar-refractivity contribution in [2.45, 2.75) is 57.2 Å². The highest BCUT2D eigenvalue weighted by atomic mass is 16.4. The SMILES string of the molecule is CN1CC(=O)N2[C@@H](CCC(=O)O)C(=O)N(CCCCc3ccccc3)C[C@@H]2N1C(O)NCc1ccccc1. The van der Waals surface area contributed by atoms with E-state index in [1.807, 2.05) is 48.5 Å². The number of amides is 2. The van der Waals surface area contributed by atoms with Gasteiger partial charge in [-0.25, -0.2) is 5.01 Å². The number of likely N-dealkylation sites (N-methyl/N-ethyl adjacent to an activating group) is 1. The zero-order valence-corrected chi connectivity index (χ0v) is 21.8. The number of aliphatic hydroxyl groups excluding tert-OH is 1. The number of aryl methyl sites for hydroxylation is 1. The molecule has 0 aliphatic carbocycles. The van der Waals surface area contributed by atoms with Gasteiger partial charge in [-0.15, -0.1) is 0 Å². The number of piperazine rings is 1. The molecule has 1 unspecified atom stereocenters. The Labute approximate surface area is 223 Å². The smallest absolute Gasteiger partial charge is 0.303 e. The van der Waals surface area contributed by atoms with Gasteiger partial charge in [0.15, 0.2) is 6.35 Å². The number of rotatable bonds is 12. The second-order valence-electron chi connectivity index (χ2n) is 9.89. The standard InChI is InChI=1S/C28H37N5O5/c1-30-20-25(34)32-23(15-16-26(35)36)27(37)31(17-9-8-12-21-10-4-2-5-11-21)19-24(32)33(30)28(38)29-18-22-13-6-3-7-14-22/h2-7,10-11,13-14,23-24,28-29,38H,8-9,12,15-20H2,1H3,(H,35,36)/t23-,24-,28?/m0/s1. The number of benzene rings is 2. The zero-order valence-electron chi connectivity index (χ0n) is 21.8. The summed E-state index contributed by atoms with van der Waals surface area (Å²) in [6.07, 6.45) is 0.639. The minimum absolute atomic E-state index is 0.0193. The number of nitrogens with zero attached hydrogens (tertiary/aromatic N) is 4. The van der Waals surface area contributed by atoms with E-state index in [1.54, 1.807) is 22.0 Å². The molecule has 2 fully saturated rings. The van der Waals surface area contributed by atoms with Crippen molar-refractivity contribution in [3.63, 3.8) is 0 Å². The first-order valence-corrected chi connectivity index (χ1v) is 13.2. The lowest BCUT2D eigenvalue weighted by molar-refractivity contribution is -0.241. The topological polar surface area (TPSA) is 117 Å². The lowest BCUT2D eigenvalue weighted by atomic mass is 10.0. The average molecular weight is 524 g/mol. The molecule has 2 amide bonds. The highest BCUT2D eigenvalue weighted by Gasteiger charge is 2.50. The van der Waals surface area contributed by atoms with E-state index >= 15 is 0 Å². The van der Waals surface area contributed by atoms with Gasteiger partial charge in [-0.2, -0.15) is 5.01 Å². The Morgan fingerprint density at radius 2 is 1.68 bits per heavy atom. The van der Waals surface area contributed by atoms with Gasteiger partial charge in [-0.1, -0.05) is 60.7 Å². The molecule has 0 bridgehead atoms. The van der Waals surface area contributed by atoms with E-state index in [4.69, 9.17) is 0 Å². The van der Waals surface area contributed by atoms with Crippen molar-refractivity contribution in [2.24, 2.45) is 0 Å². The van der Waals surface area contributed by atoms with Crippen molar-refractivity contribution in [2.75, 3.05) is 26.7 Å². The molecule has 204 valence electrons. The fraction of sp³-hybridized carbons (Fsp3) is 0.464. The fourth-order valence-electron chi connectivity index (χ4n) is 5.30. The molecule has 0 aromatic heterocycles. The second-order valence-corrected chi connectivity index (χ2v) is 9.89. The Bertz CT molecular complexity index is 1090. The molecule has 0 saturated carbocycles. The summed E-state index contributed by atoms with van der Waals surface area (Å²) in [5, 5.41) is 26.9. The molecular weight excluding hydrogens is 486 g/mol. The quantitative estimate of drug-likeness (QED) is 0.283. The molecule has 2 aliphatic rings. The van der Waals surface area contributed by atoms with Crippen LogP contribution in [-0.4, -0.2) is 93.1 Å². The maximum Gasteiger partial charge on any atom is 0.303 e. The molecule has 2 aromatic rings. The van der Waals surface area contributed by atoms with Gasteiger partial charge in [-0.05, 0) is 36.8 Å². The summed E-state index contributed by atoms with van der Waals surface area (Å²) >= 11 is 0. The van der Waals surface area contributed by atoms with Gasteiger partial charge >= 0.3 is 5.97 Å². The van der Waals surface area contributed by atoms with Gasteiger partial charge in [0.1, 0.15) is 12.2 Å². The van der Waals surface area contributed by atoms with Crippen LogP contribution in [0.4, 0.5) is 0 Å². The first kappa shape index (κ1) is 27.7. The number of hydrogen-bond acceptors (Lipinski definition) is 7. The van der Waals surface area contributed by atoms with Crippen molar-refractivity contribution in [1.82, 2.24) is 25.1 Å². The third-order valence-corrected chi connectivity index (χ3v) is 7.19. The average Bonchev–Trinajstić information content (AvgIpc) is 2.91. The fourth-order valence-corrected chi connectivity index (χ4v) is 5.30. The number of aliphatic hydroxyl groups is 1. The molecule has 0 radical (unpaired) electrons. The molecule has 4 rings (SSSR count). The molecule has 10 heteroatoms. The van der Waals surface area contributed by atoms with E-state index < -0.39 is 24.5 Å².